The fraction of sp³-hybridized carbons (Fsp3) is 1.00. The molecule has 2 saturated heterocycles. The maximum absolute atomic E-state index is 5.54. The van der Waals surface area contributed by atoms with Gasteiger partial charge < -0.3 is 19.5 Å². The molecule has 4 heteroatoms. The van der Waals surface area contributed by atoms with E-state index < -0.39 is 5.79 Å². The summed E-state index contributed by atoms with van der Waals surface area (Å²) in [6.07, 6.45) is 0.892. The smallest absolute Gasteiger partial charge is 0.180 e. The Kier molecular flexibility index (Phi) is 2.32. The quantitative estimate of drug-likeness (QED) is 0.617. The van der Waals surface area contributed by atoms with Gasteiger partial charge in [0.15, 0.2) is 5.79 Å². The van der Waals surface area contributed by atoms with Crippen molar-refractivity contribution in [3.05, 3.63) is 0 Å². The van der Waals surface area contributed by atoms with Gasteiger partial charge in [0.25, 0.3) is 0 Å². The third-order valence-electron chi connectivity index (χ3n) is 3.32. The highest BCUT2D eigenvalue weighted by Crippen LogP contribution is 2.45. The molecular weight excluding hydrogens is 170 g/mol. The van der Waals surface area contributed by atoms with E-state index in [1.54, 1.807) is 14.2 Å². The van der Waals surface area contributed by atoms with Gasteiger partial charge in [-0.2, -0.15) is 0 Å². The summed E-state index contributed by atoms with van der Waals surface area (Å²) >= 11 is 0. The first-order chi connectivity index (χ1) is 6.29. The predicted molar refractivity (Wildman–Crippen MR) is 47.5 cm³/mol. The monoisotopic (exact) mass is 187 g/mol. The Balaban J connectivity index is 2.20. The molecule has 76 valence electrons. The van der Waals surface area contributed by atoms with Crippen LogP contribution in [0.1, 0.15) is 6.42 Å². The lowest BCUT2D eigenvalue weighted by molar-refractivity contribution is -0.342. The predicted octanol–water partition coefficient (Wildman–Crippen LogP) is -0.0146. The van der Waals surface area contributed by atoms with E-state index in [9.17, 15) is 0 Å². The number of nitrogens with one attached hydrogen (secondary N) is 1. The zero-order valence-electron chi connectivity index (χ0n) is 8.26. The molecule has 4 nitrogen and oxygen atoms in total. The Morgan fingerprint density at radius 3 is 2.31 bits per heavy atom. The van der Waals surface area contributed by atoms with Gasteiger partial charge in [0.05, 0.1) is 18.6 Å². The lowest BCUT2D eigenvalue weighted by atomic mass is 9.73. The van der Waals surface area contributed by atoms with Crippen LogP contribution in [0.5, 0.6) is 0 Å². The van der Waals surface area contributed by atoms with Crippen LogP contribution >= 0.6 is 0 Å². The minimum absolute atomic E-state index is 0.0365. The van der Waals surface area contributed by atoms with E-state index >= 15 is 0 Å². The van der Waals surface area contributed by atoms with Crippen molar-refractivity contribution >= 4 is 0 Å². The number of methoxy groups -OCH3 is 2. The van der Waals surface area contributed by atoms with E-state index in [4.69, 9.17) is 14.2 Å². The highest BCUT2D eigenvalue weighted by atomic mass is 16.7. The largest absolute Gasteiger partial charge is 0.380 e. The third kappa shape index (κ3) is 1.13. The van der Waals surface area contributed by atoms with Gasteiger partial charge in [0, 0.05) is 33.7 Å². The van der Waals surface area contributed by atoms with Crippen molar-refractivity contribution in [3.8, 4) is 0 Å². The fourth-order valence-corrected chi connectivity index (χ4v) is 2.37. The zero-order chi connectivity index (χ0) is 9.36. The maximum Gasteiger partial charge on any atom is 0.180 e. The summed E-state index contributed by atoms with van der Waals surface area (Å²) in [6.45, 7) is 3.35. The number of ether oxygens (including phenoxy) is 3. The van der Waals surface area contributed by atoms with Crippen molar-refractivity contribution in [2.45, 2.75) is 12.2 Å². The highest BCUT2D eigenvalue weighted by Gasteiger charge is 2.58. The molecule has 2 rings (SSSR count). The SMILES string of the molecule is COC1(OC)CCNCC12COC2. The molecule has 1 spiro atoms. The molecule has 0 radical (unpaired) electrons. The second-order valence-corrected chi connectivity index (χ2v) is 3.86. The summed E-state index contributed by atoms with van der Waals surface area (Å²) in [5.41, 5.74) is 0.0365. The molecule has 1 N–H and O–H groups in total. The molecule has 0 aromatic heterocycles. The zero-order valence-corrected chi connectivity index (χ0v) is 8.26. The molecule has 2 heterocycles. The van der Waals surface area contributed by atoms with Gasteiger partial charge in [-0.05, 0) is 0 Å². The first-order valence-electron chi connectivity index (χ1n) is 4.67. The lowest BCUT2D eigenvalue weighted by Crippen LogP contribution is -2.69. The van der Waals surface area contributed by atoms with E-state index in [1.807, 2.05) is 0 Å². The Hall–Kier alpha value is -0.160. The standard InChI is InChI=1S/C9H17NO3/c1-11-9(12-2)3-4-10-5-8(9)6-13-7-8/h10H,3-7H2,1-2H3. The van der Waals surface area contributed by atoms with Crippen LogP contribution in [0.4, 0.5) is 0 Å². The summed E-state index contributed by atoms with van der Waals surface area (Å²) < 4.78 is 16.4. The average molecular weight is 187 g/mol. The molecule has 0 amide bonds. The summed E-state index contributed by atoms with van der Waals surface area (Å²) in [7, 11) is 3.43. The number of rotatable bonds is 2. The molecule has 13 heavy (non-hydrogen) atoms. The fourth-order valence-electron chi connectivity index (χ4n) is 2.37. The van der Waals surface area contributed by atoms with Gasteiger partial charge in [-0.25, -0.2) is 0 Å². The van der Waals surface area contributed by atoms with Crippen molar-refractivity contribution in [2.75, 3.05) is 40.5 Å². The second-order valence-electron chi connectivity index (χ2n) is 3.86. The van der Waals surface area contributed by atoms with E-state index in [0.717, 1.165) is 32.7 Å². The molecule has 0 aromatic carbocycles. The molecule has 2 fully saturated rings. The van der Waals surface area contributed by atoms with Crippen LogP contribution in [-0.4, -0.2) is 46.3 Å². The van der Waals surface area contributed by atoms with Gasteiger partial charge in [-0.3, -0.25) is 0 Å². The second kappa shape index (κ2) is 3.20. The minimum Gasteiger partial charge on any atom is -0.380 e. The van der Waals surface area contributed by atoms with Gasteiger partial charge in [0.2, 0.25) is 0 Å². The van der Waals surface area contributed by atoms with Crippen LogP contribution in [0.2, 0.25) is 0 Å². The van der Waals surface area contributed by atoms with Crippen LogP contribution in [0.3, 0.4) is 0 Å². The Bertz CT molecular complexity index is 187. The summed E-state index contributed by atoms with van der Waals surface area (Å²) in [6, 6.07) is 0. The molecule has 0 aromatic rings. The summed E-state index contributed by atoms with van der Waals surface area (Å²) in [4.78, 5) is 0. The van der Waals surface area contributed by atoms with Gasteiger partial charge in [-0.1, -0.05) is 0 Å². The Morgan fingerprint density at radius 2 is 1.92 bits per heavy atom. The molecule has 0 atom stereocenters. The first kappa shape index (κ1) is 9.40. The van der Waals surface area contributed by atoms with E-state index in [0.29, 0.717) is 0 Å². The molecular formula is C9H17NO3. The maximum atomic E-state index is 5.54. The van der Waals surface area contributed by atoms with Crippen LogP contribution in [0, 0.1) is 5.41 Å². The van der Waals surface area contributed by atoms with Crippen molar-refractivity contribution in [3.63, 3.8) is 0 Å². The average Bonchev–Trinajstić information content (AvgIpc) is 2.15. The van der Waals surface area contributed by atoms with Crippen LogP contribution in [0.25, 0.3) is 0 Å². The topological polar surface area (TPSA) is 39.7 Å². The lowest BCUT2D eigenvalue weighted by Gasteiger charge is -2.55. The van der Waals surface area contributed by atoms with Crippen molar-refractivity contribution in [1.29, 1.82) is 0 Å². The van der Waals surface area contributed by atoms with E-state index in [1.165, 1.54) is 0 Å². The number of hydrogen-bond acceptors (Lipinski definition) is 4. The number of piperidine rings is 1. The summed E-state index contributed by atoms with van der Waals surface area (Å²) in [5.74, 6) is -0.434. The van der Waals surface area contributed by atoms with E-state index in [-0.39, 0.29) is 5.41 Å². The summed E-state index contributed by atoms with van der Waals surface area (Å²) in [5, 5.41) is 3.36. The first-order valence-corrected chi connectivity index (χ1v) is 4.67. The van der Waals surface area contributed by atoms with Crippen LogP contribution in [-0.2, 0) is 14.2 Å². The van der Waals surface area contributed by atoms with Gasteiger partial charge in [0.1, 0.15) is 0 Å². The van der Waals surface area contributed by atoms with Gasteiger partial charge in [-0.15, -0.1) is 0 Å². The molecule has 2 aliphatic heterocycles. The van der Waals surface area contributed by atoms with Crippen molar-refractivity contribution in [1.82, 2.24) is 5.32 Å². The van der Waals surface area contributed by atoms with Crippen molar-refractivity contribution in [2.24, 2.45) is 5.41 Å². The molecule has 2 aliphatic rings. The third-order valence-corrected chi connectivity index (χ3v) is 3.32. The van der Waals surface area contributed by atoms with Gasteiger partial charge >= 0.3 is 0 Å². The molecule has 0 aliphatic carbocycles. The minimum atomic E-state index is -0.434. The van der Waals surface area contributed by atoms with E-state index in [2.05, 4.69) is 5.32 Å². The molecule has 0 bridgehead atoms. The van der Waals surface area contributed by atoms with Crippen molar-refractivity contribution < 1.29 is 14.2 Å². The molecule has 0 saturated carbocycles. The van der Waals surface area contributed by atoms with Crippen LogP contribution in [0.15, 0.2) is 0 Å². The Morgan fingerprint density at radius 1 is 1.23 bits per heavy atom. The van der Waals surface area contributed by atoms with Crippen LogP contribution < -0.4 is 5.32 Å². The highest BCUT2D eigenvalue weighted by molar-refractivity contribution is 5.03. The normalized spacial score (nSPS) is 30.0. The number of hydrogen-bond donors (Lipinski definition) is 1. The Labute approximate surface area is 78.5 Å². The molecule has 0 unspecified atom stereocenters.